The molecule has 0 atom stereocenters. The third kappa shape index (κ3) is 2.68. The average molecular weight is 397 g/mol. The molecule has 1 aromatic rings. The summed E-state index contributed by atoms with van der Waals surface area (Å²) in [4.78, 5) is 10.9. The van der Waals surface area contributed by atoms with Gasteiger partial charge in [-0.2, -0.15) is 13.2 Å². The minimum atomic E-state index is -5.07. The highest BCUT2D eigenvalue weighted by molar-refractivity contribution is 14.1. The van der Waals surface area contributed by atoms with Crippen molar-refractivity contribution in [2.24, 2.45) is 0 Å². The van der Waals surface area contributed by atoms with Gasteiger partial charge in [-0.1, -0.05) is 0 Å². The summed E-state index contributed by atoms with van der Waals surface area (Å²) < 4.78 is 49.3. The van der Waals surface area contributed by atoms with Crippen molar-refractivity contribution in [3.05, 3.63) is 31.6 Å². The standard InChI is InChI=1S/C8H2BrF4IO/c9-3-1-2-4(14)5(6(3)10)7(15)8(11,12)13/h1-2H. The van der Waals surface area contributed by atoms with Crippen LogP contribution in [0.25, 0.3) is 0 Å². The van der Waals surface area contributed by atoms with Crippen molar-refractivity contribution in [2.75, 3.05) is 0 Å². The molecule has 0 aromatic heterocycles. The van der Waals surface area contributed by atoms with E-state index in [9.17, 15) is 22.4 Å². The van der Waals surface area contributed by atoms with Crippen molar-refractivity contribution in [2.45, 2.75) is 6.18 Å². The van der Waals surface area contributed by atoms with E-state index in [1.54, 1.807) is 0 Å². The molecular weight excluding hydrogens is 395 g/mol. The smallest absolute Gasteiger partial charge is 0.284 e. The van der Waals surface area contributed by atoms with Gasteiger partial charge in [0.2, 0.25) is 0 Å². The first-order chi connectivity index (χ1) is 6.75. The highest BCUT2D eigenvalue weighted by Crippen LogP contribution is 2.29. The monoisotopic (exact) mass is 396 g/mol. The molecule has 0 fully saturated rings. The minimum Gasteiger partial charge on any atom is -0.284 e. The van der Waals surface area contributed by atoms with Crippen molar-refractivity contribution < 1.29 is 22.4 Å². The van der Waals surface area contributed by atoms with E-state index in [0.29, 0.717) is 0 Å². The number of halogens is 6. The molecule has 0 radical (unpaired) electrons. The maximum absolute atomic E-state index is 13.3. The summed E-state index contributed by atoms with van der Waals surface area (Å²) in [7, 11) is 0. The van der Waals surface area contributed by atoms with Crippen LogP contribution in [0.2, 0.25) is 0 Å². The Morgan fingerprint density at radius 3 is 2.33 bits per heavy atom. The van der Waals surface area contributed by atoms with E-state index in [2.05, 4.69) is 15.9 Å². The van der Waals surface area contributed by atoms with Crippen LogP contribution < -0.4 is 0 Å². The first-order valence-corrected chi connectivity index (χ1v) is 5.37. The lowest BCUT2D eigenvalue weighted by Gasteiger charge is -2.08. The quantitative estimate of drug-likeness (QED) is 0.304. The lowest BCUT2D eigenvalue weighted by molar-refractivity contribution is -0.0888. The van der Waals surface area contributed by atoms with E-state index in [-0.39, 0.29) is 8.04 Å². The van der Waals surface area contributed by atoms with E-state index < -0.39 is 23.3 Å². The van der Waals surface area contributed by atoms with Gasteiger partial charge in [0.05, 0.1) is 10.0 Å². The van der Waals surface area contributed by atoms with Gasteiger partial charge in [-0.15, -0.1) is 0 Å². The Morgan fingerprint density at radius 2 is 1.87 bits per heavy atom. The molecule has 0 spiro atoms. The molecule has 0 unspecified atom stereocenters. The summed E-state index contributed by atoms with van der Waals surface area (Å²) >= 11 is 4.19. The summed E-state index contributed by atoms with van der Waals surface area (Å²) in [5, 5.41) is 0. The second kappa shape index (κ2) is 4.36. The van der Waals surface area contributed by atoms with Crippen molar-refractivity contribution in [3.63, 3.8) is 0 Å². The van der Waals surface area contributed by atoms with E-state index in [0.717, 1.165) is 0 Å². The topological polar surface area (TPSA) is 17.1 Å². The number of carbonyl (C=O) groups is 1. The SMILES string of the molecule is O=C(c1c(I)ccc(Br)c1F)C(F)(F)F. The van der Waals surface area contributed by atoms with Gasteiger partial charge in [0.25, 0.3) is 5.78 Å². The van der Waals surface area contributed by atoms with Crippen LogP contribution in [0.4, 0.5) is 17.6 Å². The second-order valence-electron chi connectivity index (χ2n) is 2.55. The van der Waals surface area contributed by atoms with Crippen molar-refractivity contribution >= 4 is 44.3 Å². The first-order valence-electron chi connectivity index (χ1n) is 3.50. The molecule has 0 saturated carbocycles. The zero-order valence-electron chi connectivity index (χ0n) is 6.83. The van der Waals surface area contributed by atoms with Gasteiger partial charge in [0.15, 0.2) is 0 Å². The fourth-order valence-electron chi connectivity index (χ4n) is 0.877. The molecule has 0 bridgehead atoms. The Kier molecular flexibility index (Phi) is 3.75. The summed E-state index contributed by atoms with van der Waals surface area (Å²) in [6, 6.07) is 2.47. The molecule has 0 aliphatic heterocycles. The van der Waals surface area contributed by atoms with Crippen molar-refractivity contribution in [1.29, 1.82) is 0 Å². The zero-order chi connectivity index (χ0) is 11.8. The third-order valence-electron chi connectivity index (χ3n) is 1.53. The van der Waals surface area contributed by atoms with Crippen LogP contribution in [0.15, 0.2) is 16.6 Å². The number of benzene rings is 1. The highest BCUT2D eigenvalue weighted by Gasteiger charge is 2.42. The third-order valence-corrected chi connectivity index (χ3v) is 3.04. The van der Waals surface area contributed by atoms with Gasteiger partial charge in [-0.05, 0) is 50.7 Å². The summed E-state index contributed by atoms with van der Waals surface area (Å²) in [5.74, 6) is -3.37. The largest absolute Gasteiger partial charge is 0.455 e. The maximum atomic E-state index is 13.3. The first kappa shape index (κ1) is 12.9. The van der Waals surface area contributed by atoms with Gasteiger partial charge in [0.1, 0.15) is 5.82 Å². The molecule has 1 rings (SSSR count). The Hall–Kier alpha value is -0.180. The molecule has 15 heavy (non-hydrogen) atoms. The Balaban J connectivity index is 3.38. The van der Waals surface area contributed by atoms with Gasteiger partial charge in [-0.3, -0.25) is 4.79 Å². The van der Waals surface area contributed by atoms with E-state index >= 15 is 0 Å². The summed E-state index contributed by atoms with van der Waals surface area (Å²) in [5.41, 5.74) is -0.947. The highest BCUT2D eigenvalue weighted by atomic mass is 127. The molecular formula is C8H2BrF4IO. The Labute approximate surface area is 104 Å². The molecule has 0 saturated heterocycles. The predicted molar refractivity (Wildman–Crippen MR) is 57.2 cm³/mol. The van der Waals surface area contributed by atoms with Crippen molar-refractivity contribution in [1.82, 2.24) is 0 Å². The van der Waals surface area contributed by atoms with Crippen LogP contribution in [-0.4, -0.2) is 12.0 Å². The average Bonchev–Trinajstić information content (AvgIpc) is 2.10. The van der Waals surface area contributed by atoms with Gasteiger partial charge < -0.3 is 0 Å². The Bertz CT molecular complexity index is 416. The lowest BCUT2D eigenvalue weighted by Crippen LogP contribution is -2.25. The summed E-state index contributed by atoms with van der Waals surface area (Å²) in [6.07, 6.45) is -5.07. The zero-order valence-corrected chi connectivity index (χ0v) is 10.6. The molecule has 7 heteroatoms. The lowest BCUT2D eigenvalue weighted by atomic mass is 10.1. The van der Waals surface area contributed by atoms with Crippen molar-refractivity contribution in [3.8, 4) is 0 Å². The summed E-state index contributed by atoms with van der Waals surface area (Å²) in [6.45, 7) is 0. The van der Waals surface area contributed by atoms with Crippen LogP contribution in [0.5, 0.6) is 0 Å². The molecule has 0 aliphatic rings. The molecule has 0 heterocycles. The second-order valence-corrected chi connectivity index (χ2v) is 4.56. The molecule has 1 aromatic carbocycles. The maximum Gasteiger partial charge on any atom is 0.455 e. The van der Waals surface area contributed by atoms with Crippen LogP contribution >= 0.6 is 38.5 Å². The molecule has 0 amide bonds. The molecule has 1 nitrogen and oxygen atoms in total. The number of carbonyl (C=O) groups excluding carboxylic acids is 1. The number of alkyl halides is 3. The van der Waals surface area contributed by atoms with Gasteiger partial charge >= 0.3 is 6.18 Å². The minimum absolute atomic E-state index is 0.0735. The van der Waals surface area contributed by atoms with Gasteiger partial charge in [0, 0.05) is 3.57 Å². The number of hydrogen-bond donors (Lipinski definition) is 0. The number of hydrogen-bond acceptors (Lipinski definition) is 1. The number of rotatable bonds is 1. The fraction of sp³-hybridized carbons (Fsp3) is 0.125. The molecule has 0 aliphatic carbocycles. The van der Waals surface area contributed by atoms with E-state index in [4.69, 9.17) is 0 Å². The van der Waals surface area contributed by atoms with E-state index in [1.165, 1.54) is 34.7 Å². The fourth-order valence-corrected chi connectivity index (χ4v) is 1.87. The number of Topliss-reactive ketones (excluding diaryl/α,β-unsaturated/α-hetero) is 1. The normalized spacial score (nSPS) is 11.6. The predicted octanol–water partition coefficient (Wildman–Crippen LogP) is 3.94. The Morgan fingerprint density at radius 1 is 1.33 bits per heavy atom. The van der Waals surface area contributed by atoms with Crippen LogP contribution in [0, 0.1) is 9.39 Å². The van der Waals surface area contributed by atoms with Crippen LogP contribution in [0.3, 0.4) is 0 Å². The van der Waals surface area contributed by atoms with Gasteiger partial charge in [-0.25, -0.2) is 4.39 Å². The van der Waals surface area contributed by atoms with Crippen LogP contribution in [0.1, 0.15) is 10.4 Å². The number of ketones is 1. The van der Waals surface area contributed by atoms with E-state index in [1.807, 2.05) is 0 Å². The van der Waals surface area contributed by atoms with Crippen LogP contribution in [-0.2, 0) is 0 Å². The molecule has 82 valence electrons. The molecule has 0 N–H and O–H groups in total.